The number of carbonyl (C=O) groups is 2. The summed E-state index contributed by atoms with van der Waals surface area (Å²) in [6, 6.07) is 2.79. The Morgan fingerprint density at radius 2 is 1.80 bits per heavy atom. The molecule has 1 aliphatic rings. The molecule has 2 amide bonds. The average molecular weight is 439 g/mol. The fourth-order valence-electron chi connectivity index (χ4n) is 3.48. The van der Waals surface area contributed by atoms with Gasteiger partial charge in [-0.05, 0) is 30.9 Å². The molecule has 7 nitrogen and oxygen atoms in total. The highest BCUT2D eigenvalue weighted by atomic mass is 32.2. The number of benzene rings is 1. The van der Waals surface area contributed by atoms with Gasteiger partial charge < -0.3 is 24.4 Å². The molecule has 1 fully saturated rings. The van der Waals surface area contributed by atoms with Crippen LogP contribution in [0.15, 0.2) is 12.1 Å². The Morgan fingerprint density at radius 3 is 2.30 bits per heavy atom. The number of hydrogen-bond acceptors (Lipinski definition) is 6. The Hall–Kier alpha value is -2.09. The van der Waals surface area contributed by atoms with Crippen LogP contribution in [0.2, 0.25) is 0 Å². The lowest BCUT2D eigenvalue weighted by Gasteiger charge is -2.30. The van der Waals surface area contributed by atoms with Crippen molar-refractivity contribution in [2.45, 2.75) is 51.4 Å². The van der Waals surface area contributed by atoms with Crippen LogP contribution in [0.5, 0.6) is 17.2 Å². The SMILES string of the molecule is CCCCNC(=O)C1CSC(CC(C)C)N1C(=O)c1cc(OC)c(OC)c(OC)c1. The standard InChI is InChI=1S/C22H34N2O5S/c1-7-8-9-23-21(25)16-13-30-19(10-14(2)3)24(16)22(26)15-11-17(27-4)20(29-6)18(12-15)28-5/h11-12,14,16,19H,7-10,13H2,1-6H3,(H,23,25). The maximum absolute atomic E-state index is 13.6. The molecular weight excluding hydrogens is 404 g/mol. The molecule has 0 radical (unpaired) electrons. The number of amides is 2. The molecule has 1 saturated heterocycles. The third-order valence-corrected chi connectivity index (χ3v) is 6.36. The van der Waals surface area contributed by atoms with Gasteiger partial charge in [-0.2, -0.15) is 0 Å². The van der Waals surface area contributed by atoms with E-state index in [1.54, 1.807) is 28.8 Å². The Labute approximate surface area is 183 Å². The van der Waals surface area contributed by atoms with Gasteiger partial charge in [-0.15, -0.1) is 11.8 Å². The van der Waals surface area contributed by atoms with Crippen LogP contribution < -0.4 is 19.5 Å². The molecule has 1 heterocycles. The van der Waals surface area contributed by atoms with Crippen molar-refractivity contribution in [3.05, 3.63) is 17.7 Å². The predicted octanol–water partition coefficient (Wildman–Crippen LogP) is 3.56. The zero-order valence-corrected chi connectivity index (χ0v) is 19.6. The van der Waals surface area contributed by atoms with Gasteiger partial charge in [0.25, 0.3) is 5.91 Å². The Bertz CT molecular complexity index is 715. The van der Waals surface area contributed by atoms with E-state index >= 15 is 0 Å². The van der Waals surface area contributed by atoms with Crippen molar-refractivity contribution in [2.24, 2.45) is 5.92 Å². The van der Waals surface area contributed by atoms with Crippen LogP contribution in [0.25, 0.3) is 0 Å². The molecule has 0 bridgehead atoms. The molecule has 30 heavy (non-hydrogen) atoms. The summed E-state index contributed by atoms with van der Waals surface area (Å²) in [5.41, 5.74) is 0.409. The quantitative estimate of drug-likeness (QED) is 0.563. The normalized spacial score (nSPS) is 18.4. The third-order valence-electron chi connectivity index (χ3n) is 5.04. The first-order chi connectivity index (χ1) is 14.4. The number of unbranched alkanes of at least 4 members (excludes halogenated alkanes) is 1. The molecule has 1 aliphatic heterocycles. The molecule has 2 unspecified atom stereocenters. The maximum atomic E-state index is 13.6. The van der Waals surface area contributed by atoms with Crippen LogP contribution in [-0.4, -0.2) is 61.8 Å². The lowest BCUT2D eigenvalue weighted by atomic mass is 10.1. The van der Waals surface area contributed by atoms with E-state index in [0.29, 0.717) is 41.0 Å². The fraction of sp³-hybridized carbons (Fsp3) is 0.636. The highest BCUT2D eigenvalue weighted by Crippen LogP contribution is 2.40. The molecule has 2 atom stereocenters. The molecule has 8 heteroatoms. The van der Waals surface area contributed by atoms with Crippen LogP contribution in [0.3, 0.4) is 0 Å². The first kappa shape index (κ1) is 24.2. The van der Waals surface area contributed by atoms with Crippen molar-refractivity contribution in [1.29, 1.82) is 0 Å². The Balaban J connectivity index is 2.38. The number of hydrogen-bond donors (Lipinski definition) is 1. The molecule has 1 aromatic carbocycles. The first-order valence-corrected chi connectivity index (χ1v) is 11.4. The molecule has 0 aliphatic carbocycles. The molecule has 2 rings (SSSR count). The molecule has 168 valence electrons. The monoisotopic (exact) mass is 438 g/mol. The third kappa shape index (κ3) is 5.53. The van der Waals surface area contributed by atoms with Crippen molar-refractivity contribution >= 4 is 23.6 Å². The predicted molar refractivity (Wildman–Crippen MR) is 120 cm³/mol. The van der Waals surface area contributed by atoms with Crippen LogP contribution in [0.1, 0.15) is 50.4 Å². The van der Waals surface area contributed by atoms with Crippen LogP contribution >= 0.6 is 11.8 Å². The van der Waals surface area contributed by atoms with Crippen LogP contribution in [0, 0.1) is 5.92 Å². The summed E-state index contributed by atoms with van der Waals surface area (Å²) >= 11 is 1.66. The van der Waals surface area contributed by atoms with E-state index in [9.17, 15) is 9.59 Å². The fourth-order valence-corrected chi connectivity index (χ4v) is 5.12. The second kappa shape index (κ2) is 11.3. The van der Waals surface area contributed by atoms with Gasteiger partial charge in [0.1, 0.15) is 6.04 Å². The summed E-state index contributed by atoms with van der Waals surface area (Å²) in [5, 5.41) is 2.93. The lowest BCUT2D eigenvalue weighted by Crippen LogP contribution is -2.50. The summed E-state index contributed by atoms with van der Waals surface area (Å²) in [6.07, 6.45) is 2.74. The highest BCUT2D eigenvalue weighted by Gasteiger charge is 2.42. The van der Waals surface area contributed by atoms with E-state index in [-0.39, 0.29) is 17.2 Å². The largest absolute Gasteiger partial charge is 0.493 e. The minimum absolute atomic E-state index is 0.0569. The summed E-state index contributed by atoms with van der Waals surface area (Å²) < 4.78 is 16.2. The molecule has 0 saturated carbocycles. The second-order valence-electron chi connectivity index (χ2n) is 7.70. The van der Waals surface area contributed by atoms with E-state index in [1.165, 1.54) is 21.3 Å². The van der Waals surface area contributed by atoms with Crippen molar-refractivity contribution in [2.75, 3.05) is 33.6 Å². The van der Waals surface area contributed by atoms with E-state index < -0.39 is 6.04 Å². The van der Waals surface area contributed by atoms with Gasteiger partial charge in [0.15, 0.2) is 11.5 Å². The summed E-state index contributed by atoms with van der Waals surface area (Å²) in [6.45, 7) is 6.95. The maximum Gasteiger partial charge on any atom is 0.255 e. The Morgan fingerprint density at radius 1 is 1.17 bits per heavy atom. The molecular formula is C22H34N2O5S. The summed E-state index contributed by atoms with van der Waals surface area (Å²) in [7, 11) is 4.56. The number of methoxy groups -OCH3 is 3. The van der Waals surface area contributed by atoms with Crippen LogP contribution in [-0.2, 0) is 4.79 Å². The summed E-state index contributed by atoms with van der Waals surface area (Å²) in [4.78, 5) is 28.2. The van der Waals surface area contributed by atoms with Crippen molar-refractivity contribution in [1.82, 2.24) is 10.2 Å². The second-order valence-corrected chi connectivity index (χ2v) is 8.92. The minimum Gasteiger partial charge on any atom is -0.493 e. The molecule has 0 spiro atoms. The first-order valence-electron chi connectivity index (χ1n) is 10.4. The zero-order valence-electron chi connectivity index (χ0n) is 18.8. The number of thioether (sulfide) groups is 1. The number of carbonyl (C=O) groups excluding carboxylic acids is 2. The molecule has 1 N–H and O–H groups in total. The van der Waals surface area contributed by atoms with Gasteiger partial charge in [0, 0.05) is 17.9 Å². The van der Waals surface area contributed by atoms with Crippen molar-refractivity contribution in [3.8, 4) is 17.2 Å². The van der Waals surface area contributed by atoms with E-state index in [2.05, 4.69) is 26.1 Å². The summed E-state index contributed by atoms with van der Waals surface area (Å²) in [5.74, 6) is 1.95. The van der Waals surface area contributed by atoms with Gasteiger partial charge in [-0.25, -0.2) is 0 Å². The van der Waals surface area contributed by atoms with Crippen molar-refractivity contribution < 1.29 is 23.8 Å². The van der Waals surface area contributed by atoms with Gasteiger partial charge in [-0.3, -0.25) is 9.59 Å². The van der Waals surface area contributed by atoms with E-state index in [1.807, 2.05) is 0 Å². The molecule has 0 aromatic heterocycles. The van der Waals surface area contributed by atoms with Gasteiger partial charge in [-0.1, -0.05) is 27.2 Å². The van der Waals surface area contributed by atoms with Gasteiger partial charge in [0.2, 0.25) is 11.7 Å². The number of rotatable bonds is 10. The van der Waals surface area contributed by atoms with Crippen molar-refractivity contribution in [3.63, 3.8) is 0 Å². The number of nitrogens with one attached hydrogen (secondary N) is 1. The topological polar surface area (TPSA) is 77.1 Å². The highest BCUT2D eigenvalue weighted by molar-refractivity contribution is 8.00. The lowest BCUT2D eigenvalue weighted by molar-refractivity contribution is -0.124. The minimum atomic E-state index is -0.498. The zero-order chi connectivity index (χ0) is 22.3. The van der Waals surface area contributed by atoms with Gasteiger partial charge in [0.05, 0.1) is 26.7 Å². The number of ether oxygens (including phenoxy) is 3. The van der Waals surface area contributed by atoms with E-state index in [4.69, 9.17) is 14.2 Å². The van der Waals surface area contributed by atoms with E-state index in [0.717, 1.165) is 19.3 Å². The molecule has 1 aromatic rings. The van der Waals surface area contributed by atoms with Gasteiger partial charge >= 0.3 is 0 Å². The number of nitrogens with zero attached hydrogens (tertiary/aromatic N) is 1. The Kier molecular flexibility index (Phi) is 9.14. The smallest absolute Gasteiger partial charge is 0.255 e. The van der Waals surface area contributed by atoms with Crippen LogP contribution in [0.4, 0.5) is 0 Å². The average Bonchev–Trinajstić information content (AvgIpc) is 3.14.